The molecule has 0 rings (SSSR count). The van der Waals surface area contributed by atoms with E-state index in [9.17, 15) is 9.59 Å². The van der Waals surface area contributed by atoms with Gasteiger partial charge < -0.3 is 14.9 Å². The minimum Gasteiger partial charge on any atom is -0.480 e. The van der Waals surface area contributed by atoms with Crippen molar-refractivity contribution in [3.05, 3.63) is 0 Å². The standard InChI is InChI=1S/C13H23N3O3/c1-6-15(8-10(2)7-14)12(19)16(9-11(17)18)13(3,4)5/h10H,6,8-9H2,1-5H3,(H,17,18). The number of hydrogen-bond donors (Lipinski definition) is 1. The SMILES string of the molecule is CCN(CC(C)C#N)C(=O)N(CC(=O)O)C(C)(C)C. The number of nitrogens with zero attached hydrogens (tertiary/aromatic N) is 3. The van der Waals surface area contributed by atoms with Gasteiger partial charge in [0.2, 0.25) is 0 Å². The quantitative estimate of drug-likeness (QED) is 0.824. The second-order valence-electron chi connectivity index (χ2n) is 5.50. The molecule has 0 bridgehead atoms. The minimum atomic E-state index is -1.05. The molecular weight excluding hydrogens is 246 g/mol. The van der Waals surface area contributed by atoms with E-state index in [0.29, 0.717) is 13.1 Å². The topological polar surface area (TPSA) is 84.6 Å². The first-order chi connectivity index (χ1) is 8.63. The van der Waals surface area contributed by atoms with Crippen LogP contribution in [0.15, 0.2) is 0 Å². The summed E-state index contributed by atoms with van der Waals surface area (Å²) in [6.45, 7) is 9.30. The fourth-order valence-electron chi connectivity index (χ4n) is 1.61. The molecule has 6 heteroatoms. The molecule has 0 fully saturated rings. The molecule has 108 valence electrons. The number of aliphatic carboxylic acids is 1. The van der Waals surface area contributed by atoms with Gasteiger partial charge in [0.15, 0.2) is 0 Å². The molecule has 0 saturated carbocycles. The number of nitriles is 1. The minimum absolute atomic E-state index is 0.282. The van der Waals surface area contributed by atoms with Crippen molar-refractivity contribution in [3.8, 4) is 6.07 Å². The average Bonchev–Trinajstić information content (AvgIpc) is 2.30. The van der Waals surface area contributed by atoms with Crippen LogP contribution in [-0.2, 0) is 4.79 Å². The fraction of sp³-hybridized carbons (Fsp3) is 0.769. The van der Waals surface area contributed by atoms with E-state index in [0.717, 1.165) is 0 Å². The summed E-state index contributed by atoms with van der Waals surface area (Å²) < 4.78 is 0. The summed E-state index contributed by atoms with van der Waals surface area (Å²) in [5, 5.41) is 17.7. The van der Waals surface area contributed by atoms with Crippen LogP contribution in [0.5, 0.6) is 0 Å². The molecule has 19 heavy (non-hydrogen) atoms. The predicted molar refractivity (Wildman–Crippen MR) is 71.5 cm³/mol. The Morgan fingerprint density at radius 3 is 2.21 bits per heavy atom. The third-order valence-electron chi connectivity index (χ3n) is 2.70. The van der Waals surface area contributed by atoms with Crippen LogP contribution in [0.25, 0.3) is 0 Å². The van der Waals surface area contributed by atoms with Crippen LogP contribution in [0, 0.1) is 17.2 Å². The Morgan fingerprint density at radius 1 is 1.37 bits per heavy atom. The zero-order valence-electron chi connectivity index (χ0n) is 12.3. The van der Waals surface area contributed by atoms with E-state index >= 15 is 0 Å². The molecule has 2 amide bonds. The molecular formula is C13H23N3O3. The van der Waals surface area contributed by atoms with Crippen LogP contribution in [-0.4, -0.2) is 52.1 Å². The first-order valence-corrected chi connectivity index (χ1v) is 6.31. The molecule has 6 nitrogen and oxygen atoms in total. The highest BCUT2D eigenvalue weighted by atomic mass is 16.4. The molecule has 0 aliphatic carbocycles. The Bertz CT molecular complexity index is 368. The van der Waals surface area contributed by atoms with Gasteiger partial charge >= 0.3 is 12.0 Å². The van der Waals surface area contributed by atoms with E-state index in [1.165, 1.54) is 9.80 Å². The molecule has 0 aromatic carbocycles. The molecule has 0 aliphatic heterocycles. The van der Waals surface area contributed by atoms with E-state index < -0.39 is 11.5 Å². The van der Waals surface area contributed by atoms with Crippen molar-refractivity contribution in [1.29, 1.82) is 5.26 Å². The Labute approximate surface area is 114 Å². The fourth-order valence-corrected chi connectivity index (χ4v) is 1.61. The molecule has 0 aromatic heterocycles. The van der Waals surface area contributed by atoms with Gasteiger partial charge in [0.25, 0.3) is 0 Å². The molecule has 0 saturated heterocycles. The zero-order valence-corrected chi connectivity index (χ0v) is 12.3. The molecule has 1 atom stereocenters. The predicted octanol–water partition coefficient (Wildman–Crippen LogP) is 1.77. The lowest BCUT2D eigenvalue weighted by atomic mass is 10.1. The summed E-state index contributed by atoms with van der Waals surface area (Å²) in [4.78, 5) is 26.1. The van der Waals surface area contributed by atoms with Gasteiger partial charge in [-0.2, -0.15) is 5.26 Å². The molecule has 1 N–H and O–H groups in total. The van der Waals surface area contributed by atoms with Gasteiger partial charge in [-0.25, -0.2) is 4.79 Å². The number of amides is 2. The maximum atomic E-state index is 12.4. The van der Waals surface area contributed by atoms with Crippen LogP contribution in [0.1, 0.15) is 34.6 Å². The van der Waals surface area contributed by atoms with Crippen molar-refractivity contribution in [2.45, 2.75) is 40.2 Å². The van der Waals surface area contributed by atoms with Crippen LogP contribution in [0.4, 0.5) is 4.79 Å². The normalized spacial score (nSPS) is 12.4. The van der Waals surface area contributed by atoms with Gasteiger partial charge in [0, 0.05) is 18.6 Å². The molecule has 0 radical (unpaired) electrons. The largest absolute Gasteiger partial charge is 0.480 e. The van der Waals surface area contributed by atoms with E-state index in [4.69, 9.17) is 10.4 Å². The Morgan fingerprint density at radius 2 is 1.89 bits per heavy atom. The van der Waals surface area contributed by atoms with Crippen molar-refractivity contribution < 1.29 is 14.7 Å². The first-order valence-electron chi connectivity index (χ1n) is 6.31. The number of carbonyl (C=O) groups excluding carboxylic acids is 1. The lowest BCUT2D eigenvalue weighted by Crippen LogP contribution is -2.54. The number of urea groups is 1. The maximum absolute atomic E-state index is 12.4. The summed E-state index contributed by atoms with van der Waals surface area (Å²) >= 11 is 0. The number of carboxylic acids is 1. The second-order valence-corrected chi connectivity index (χ2v) is 5.50. The van der Waals surface area contributed by atoms with E-state index in [1.807, 2.05) is 6.92 Å². The number of hydrogen-bond acceptors (Lipinski definition) is 3. The van der Waals surface area contributed by atoms with Crippen molar-refractivity contribution >= 4 is 12.0 Å². The highest BCUT2D eigenvalue weighted by molar-refractivity contribution is 5.80. The van der Waals surface area contributed by atoms with Crippen LogP contribution in [0.2, 0.25) is 0 Å². The van der Waals surface area contributed by atoms with Gasteiger partial charge in [0.05, 0.1) is 12.0 Å². The summed E-state index contributed by atoms with van der Waals surface area (Å²) in [5.41, 5.74) is -0.585. The van der Waals surface area contributed by atoms with Crippen LogP contribution >= 0.6 is 0 Å². The molecule has 0 aromatic rings. The molecule has 0 spiro atoms. The third-order valence-corrected chi connectivity index (χ3v) is 2.70. The number of carbonyl (C=O) groups is 2. The summed E-state index contributed by atoms with van der Waals surface area (Å²) in [6, 6.07) is 1.73. The zero-order chi connectivity index (χ0) is 15.2. The summed E-state index contributed by atoms with van der Waals surface area (Å²) in [5.74, 6) is -1.33. The van der Waals surface area contributed by atoms with Crippen LogP contribution < -0.4 is 0 Å². The monoisotopic (exact) mass is 269 g/mol. The van der Waals surface area contributed by atoms with Crippen molar-refractivity contribution in [2.75, 3.05) is 19.6 Å². The van der Waals surface area contributed by atoms with Crippen LogP contribution in [0.3, 0.4) is 0 Å². The smallest absolute Gasteiger partial charge is 0.323 e. The van der Waals surface area contributed by atoms with E-state index in [2.05, 4.69) is 6.07 Å². The Hall–Kier alpha value is -1.77. The molecule has 0 aliphatic rings. The molecule has 0 heterocycles. The Balaban J connectivity index is 5.05. The number of rotatable bonds is 5. The third kappa shape index (κ3) is 5.60. The highest BCUT2D eigenvalue weighted by Gasteiger charge is 2.31. The van der Waals surface area contributed by atoms with Gasteiger partial charge in [-0.3, -0.25) is 4.79 Å². The second kappa shape index (κ2) is 6.98. The first kappa shape index (κ1) is 17.2. The van der Waals surface area contributed by atoms with E-state index in [1.54, 1.807) is 27.7 Å². The lowest BCUT2D eigenvalue weighted by molar-refractivity contribution is -0.138. The van der Waals surface area contributed by atoms with Gasteiger partial charge in [0.1, 0.15) is 6.54 Å². The number of carboxylic acid groups (broad SMARTS) is 1. The highest BCUT2D eigenvalue weighted by Crippen LogP contribution is 2.16. The summed E-state index contributed by atoms with van der Waals surface area (Å²) in [7, 11) is 0. The Kier molecular flexibility index (Phi) is 6.33. The van der Waals surface area contributed by atoms with Crippen molar-refractivity contribution in [2.24, 2.45) is 5.92 Å². The summed E-state index contributed by atoms with van der Waals surface area (Å²) in [6.07, 6.45) is 0. The average molecular weight is 269 g/mol. The van der Waals surface area contributed by atoms with Crippen molar-refractivity contribution in [1.82, 2.24) is 9.80 Å². The lowest BCUT2D eigenvalue weighted by Gasteiger charge is -2.38. The van der Waals surface area contributed by atoms with Gasteiger partial charge in [-0.15, -0.1) is 0 Å². The van der Waals surface area contributed by atoms with Gasteiger partial charge in [-0.1, -0.05) is 0 Å². The van der Waals surface area contributed by atoms with E-state index in [-0.39, 0.29) is 18.5 Å². The maximum Gasteiger partial charge on any atom is 0.323 e. The molecule has 1 unspecified atom stereocenters. The van der Waals surface area contributed by atoms with Gasteiger partial charge in [-0.05, 0) is 34.6 Å². The van der Waals surface area contributed by atoms with Crippen molar-refractivity contribution in [3.63, 3.8) is 0 Å².